The minimum absolute atomic E-state index is 0.0541. The van der Waals surface area contributed by atoms with Crippen LogP contribution in [0.4, 0.5) is 11.4 Å². The zero-order valence-corrected chi connectivity index (χ0v) is 13.9. The van der Waals surface area contributed by atoms with Crippen LogP contribution in [0.15, 0.2) is 73.8 Å². The summed E-state index contributed by atoms with van der Waals surface area (Å²) in [5, 5.41) is 15.4. The second-order valence-corrected chi connectivity index (χ2v) is 5.29. The molecule has 1 unspecified atom stereocenters. The number of hydrogen-bond donors (Lipinski definition) is 3. The molecule has 3 N–H and O–H groups in total. The summed E-state index contributed by atoms with van der Waals surface area (Å²) < 4.78 is 0. The molecule has 0 aliphatic heterocycles. The van der Waals surface area contributed by atoms with E-state index in [1.54, 1.807) is 30.3 Å². The third-order valence-corrected chi connectivity index (χ3v) is 3.57. The van der Waals surface area contributed by atoms with Gasteiger partial charge in [0.25, 0.3) is 0 Å². The lowest BCUT2D eigenvalue weighted by Gasteiger charge is -2.17. The van der Waals surface area contributed by atoms with E-state index in [-0.39, 0.29) is 16.9 Å². The maximum atomic E-state index is 12.8. The number of para-hydroxylation sites is 1. The van der Waals surface area contributed by atoms with E-state index < -0.39 is 23.7 Å². The average molecular weight is 350 g/mol. The largest absolute Gasteiger partial charge is 0.380 e. The van der Waals surface area contributed by atoms with E-state index in [1.165, 1.54) is 18.2 Å². The number of carbonyl (C=O) groups is 3. The first-order chi connectivity index (χ1) is 12.5. The lowest BCUT2D eigenvalue weighted by Crippen LogP contribution is -2.19. The molecule has 2 aromatic rings. The number of benzene rings is 2. The Labute approximate surface area is 150 Å². The van der Waals surface area contributed by atoms with Crippen molar-refractivity contribution in [1.82, 2.24) is 0 Å². The molecule has 6 heteroatoms. The van der Waals surface area contributed by atoms with Crippen LogP contribution >= 0.6 is 0 Å². The highest BCUT2D eigenvalue weighted by Gasteiger charge is 2.24. The van der Waals surface area contributed by atoms with Crippen molar-refractivity contribution in [2.24, 2.45) is 0 Å². The first kappa shape index (κ1) is 18.8. The second kappa shape index (κ2) is 8.55. The molecule has 0 saturated carbocycles. The van der Waals surface area contributed by atoms with Crippen molar-refractivity contribution < 1.29 is 19.5 Å². The van der Waals surface area contributed by atoms with Gasteiger partial charge in [-0.25, -0.2) is 0 Å². The standard InChI is InChI=1S/C20H18N2O4/c1-3-16(23)21-15-12-8-11-14(18(15)22-17(24)4-2)20(26)19(25)13-9-6-5-7-10-13/h3-12,19,25H,1-2H2,(H,21,23)(H,22,24). The van der Waals surface area contributed by atoms with Crippen LogP contribution in [0.5, 0.6) is 0 Å². The number of nitrogens with one attached hydrogen (secondary N) is 2. The first-order valence-electron chi connectivity index (χ1n) is 7.75. The minimum Gasteiger partial charge on any atom is -0.380 e. The molecule has 0 saturated heterocycles. The number of hydrogen-bond acceptors (Lipinski definition) is 4. The molecule has 132 valence electrons. The maximum Gasteiger partial charge on any atom is 0.247 e. The van der Waals surface area contributed by atoms with Gasteiger partial charge in [-0.3, -0.25) is 14.4 Å². The van der Waals surface area contributed by atoms with Gasteiger partial charge < -0.3 is 15.7 Å². The summed E-state index contributed by atoms with van der Waals surface area (Å²) in [6, 6.07) is 12.9. The molecule has 0 spiro atoms. The SMILES string of the molecule is C=CC(=O)Nc1cccc(C(=O)C(O)c2ccccc2)c1NC(=O)C=C. The number of anilines is 2. The summed E-state index contributed by atoms with van der Waals surface area (Å²) in [5.74, 6) is -1.69. The Balaban J connectivity index is 2.48. The Morgan fingerprint density at radius 3 is 2.12 bits per heavy atom. The molecule has 2 amide bonds. The molecule has 1 atom stereocenters. The van der Waals surface area contributed by atoms with Gasteiger partial charge in [0.15, 0.2) is 5.78 Å². The fraction of sp³-hybridized carbons (Fsp3) is 0.0500. The van der Waals surface area contributed by atoms with Gasteiger partial charge in [-0.2, -0.15) is 0 Å². The van der Waals surface area contributed by atoms with Gasteiger partial charge in [0.2, 0.25) is 11.8 Å². The number of rotatable bonds is 7. The van der Waals surface area contributed by atoms with E-state index in [2.05, 4.69) is 23.8 Å². The van der Waals surface area contributed by atoms with Crippen molar-refractivity contribution in [2.75, 3.05) is 10.6 Å². The van der Waals surface area contributed by atoms with Crippen molar-refractivity contribution in [1.29, 1.82) is 0 Å². The second-order valence-electron chi connectivity index (χ2n) is 5.29. The van der Waals surface area contributed by atoms with Gasteiger partial charge in [0.1, 0.15) is 6.10 Å². The molecule has 0 bridgehead atoms. The molecular weight excluding hydrogens is 332 g/mol. The molecule has 0 aromatic heterocycles. The smallest absolute Gasteiger partial charge is 0.247 e. The summed E-state index contributed by atoms with van der Waals surface area (Å²) in [5.41, 5.74) is 0.751. The highest BCUT2D eigenvalue weighted by Crippen LogP contribution is 2.30. The minimum atomic E-state index is -1.42. The van der Waals surface area contributed by atoms with E-state index in [4.69, 9.17) is 0 Å². The zero-order chi connectivity index (χ0) is 19.1. The van der Waals surface area contributed by atoms with Crippen LogP contribution in [-0.4, -0.2) is 22.7 Å². The first-order valence-corrected chi connectivity index (χ1v) is 7.75. The predicted octanol–water partition coefficient (Wildman–Crippen LogP) is 2.85. The molecule has 26 heavy (non-hydrogen) atoms. The molecule has 2 aromatic carbocycles. The van der Waals surface area contributed by atoms with Gasteiger partial charge >= 0.3 is 0 Å². The quantitative estimate of drug-likeness (QED) is 0.528. The van der Waals surface area contributed by atoms with Crippen molar-refractivity contribution in [3.63, 3.8) is 0 Å². The average Bonchev–Trinajstić information content (AvgIpc) is 2.68. The lowest BCUT2D eigenvalue weighted by molar-refractivity contribution is -0.112. The highest BCUT2D eigenvalue weighted by molar-refractivity contribution is 6.13. The number of aliphatic hydroxyl groups excluding tert-OH is 1. The third kappa shape index (κ3) is 4.31. The Morgan fingerprint density at radius 2 is 1.50 bits per heavy atom. The summed E-state index contributed by atoms with van der Waals surface area (Å²) in [7, 11) is 0. The number of aliphatic hydroxyl groups is 1. The molecular formula is C20H18N2O4. The van der Waals surface area contributed by atoms with Gasteiger partial charge in [0, 0.05) is 5.56 Å². The van der Waals surface area contributed by atoms with Crippen molar-refractivity contribution in [3.8, 4) is 0 Å². The van der Waals surface area contributed by atoms with Crippen LogP contribution in [-0.2, 0) is 9.59 Å². The van der Waals surface area contributed by atoms with E-state index in [0.29, 0.717) is 5.56 Å². The number of Topliss-reactive ketones (excluding diaryl/α,β-unsaturated/α-hetero) is 1. The van der Waals surface area contributed by atoms with E-state index in [1.807, 2.05) is 0 Å². The fourth-order valence-electron chi connectivity index (χ4n) is 2.29. The normalized spacial score (nSPS) is 11.1. The summed E-state index contributed by atoms with van der Waals surface area (Å²) in [6.07, 6.45) is 0.682. The van der Waals surface area contributed by atoms with Gasteiger partial charge in [-0.1, -0.05) is 49.6 Å². The fourth-order valence-corrected chi connectivity index (χ4v) is 2.29. The van der Waals surface area contributed by atoms with Crippen LogP contribution in [0.25, 0.3) is 0 Å². The Hall–Kier alpha value is -3.51. The number of ketones is 1. The maximum absolute atomic E-state index is 12.8. The summed E-state index contributed by atoms with van der Waals surface area (Å²) in [6.45, 7) is 6.74. The van der Waals surface area contributed by atoms with Gasteiger partial charge in [-0.05, 0) is 29.8 Å². The molecule has 2 rings (SSSR count). The van der Waals surface area contributed by atoms with E-state index in [9.17, 15) is 19.5 Å². The van der Waals surface area contributed by atoms with Crippen LogP contribution < -0.4 is 10.6 Å². The molecule has 0 aliphatic carbocycles. The van der Waals surface area contributed by atoms with Gasteiger partial charge in [-0.15, -0.1) is 0 Å². The molecule has 0 fully saturated rings. The van der Waals surface area contributed by atoms with Gasteiger partial charge in [0.05, 0.1) is 11.4 Å². The van der Waals surface area contributed by atoms with E-state index in [0.717, 1.165) is 12.2 Å². The number of amides is 2. The zero-order valence-electron chi connectivity index (χ0n) is 13.9. The Kier molecular flexibility index (Phi) is 6.19. The van der Waals surface area contributed by atoms with Crippen LogP contribution in [0.2, 0.25) is 0 Å². The Morgan fingerprint density at radius 1 is 0.885 bits per heavy atom. The van der Waals surface area contributed by atoms with Crippen LogP contribution in [0.1, 0.15) is 22.0 Å². The summed E-state index contributed by atoms with van der Waals surface area (Å²) in [4.78, 5) is 36.2. The Bertz CT molecular complexity index is 859. The number of carbonyl (C=O) groups excluding carboxylic acids is 3. The molecule has 0 aliphatic rings. The van der Waals surface area contributed by atoms with Crippen LogP contribution in [0, 0.1) is 0 Å². The van der Waals surface area contributed by atoms with Crippen molar-refractivity contribution in [3.05, 3.63) is 85.0 Å². The van der Waals surface area contributed by atoms with Crippen LogP contribution in [0.3, 0.4) is 0 Å². The monoisotopic (exact) mass is 350 g/mol. The highest BCUT2D eigenvalue weighted by atomic mass is 16.3. The summed E-state index contributed by atoms with van der Waals surface area (Å²) >= 11 is 0. The predicted molar refractivity (Wildman–Crippen MR) is 99.8 cm³/mol. The topological polar surface area (TPSA) is 95.5 Å². The lowest BCUT2D eigenvalue weighted by atomic mass is 9.98. The third-order valence-electron chi connectivity index (χ3n) is 3.57. The molecule has 0 heterocycles. The molecule has 0 radical (unpaired) electrons. The van der Waals surface area contributed by atoms with E-state index >= 15 is 0 Å². The molecule has 6 nitrogen and oxygen atoms in total. The van der Waals surface area contributed by atoms with Crippen molar-refractivity contribution >= 4 is 29.0 Å². The van der Waals surface area contributed by atoms with Crippen molar-refractivity contribution in [2.45, 2.75) is 6.10 Å².